The SMILES string of the molecule is CCCCC1CCC(CCC2CCC(c3ccc(C(F)(F)Oc4ccc(C(F)(F)F)cc4)cc3)CC2)CC1. The summed E-state index contributed by atoms with van der Waals surface area (Å²) in [6.07, 6.45) is 8.85. The van der Waals surface area contributed by atoms with Gasteiger partial charge in [-0.05, 0) is 91.3 Å². The third-order valence-electron chi connectivity index (χ3n) is 8.91. The second-order valence-corrected chi connectivity index (χ2v) is 11.6. The molecule has 38 heavy (non-hydrogen) atoms. The molecule has 6 heteroatoms. The van der Waals surface area contributed by atoms with Crippen molar-refractivity contribution in [3.8, 4) is 5.75 Å². The zero-order valence-corrected chi connectivity index (χ0v) is 22.4. The van der Waals surface area contributed by atoms with E-state index in [1.54, 1.807) is 12.1 Å². The lowest BCUT2D eigenvalue weighted by Gasteiger charge is -2.32. The smallest absolute Gasteiger partial charge is 0.426 e. The third-order valence-corrected chi connectivity index (χ3v) is 8.91. The van der Waals surface area contributed by atoms with Gasteiger partial charge in [-0.2, -0.15) is 22.0 Å². The molecule has 2 aliphatic rings. The Balaban J connectivity index is 1.21. The zero-order chi connectivity index (χ0) is 27.2. The monoisotopic (exact) mass is 536 g/mol. The number of halogens is 5. The van der Waals surface area contributed by atoms with E-state index < -0.39 is 17.8 Å². The second kappa shape index (κ2) is 12.8. The van der Waals surface area contributed by atoms with E-state index in [9.17, 15) is 22.0 Å². The highest BCUT2D eigenvalue weighted by Gasteiger charge is 2.36. The number of unbranched alkanes of at least 4 members (excludes halogenated alkanes) is 1. The van der Waals surface area contributed by atoms with Gasteiger partial charge in [0.05, 0.1) is 11.1 Å². The number of alkyl halides is 5. The van der Waals surface area contributed by atoms with Gasteiger partial charge in [0.1, 0.15) is 5.75 Å². The van der Waals surface area contributed by atoms with E-state index >= 15 is 0 Å². The fourth-order valence-electron chi connectivity index (χ4n) is 6.43. The summed E-state index contributed by atoms with van der Waals surface area (Å²) in [5.41, 5.74) is -0.139. The van der Waals surface area contributed by atoms with Crippen LogP contribution in [0.25, 0.3) is 0 Å². The highest BCUT2D eigenvalue weighted by Crippen LogP contribution is 2.41. The van der Waals surface area contributed by atoms with Crippen LogP contribution in [0.5, 0.6) is 5.75 Å². The molecule has 2 aliphatic carbocycles. The van der Waals surface area contributed by atoms with Crippen LogP contribution in [-0.2, 0) is 12.3 Å². The predicted octanol–water partition coefficient (Wildman–Crippen LogP) is 10.9. The molecule has 0 aromatic heterocycles. The Morgan fingerprint density at radius 1 is 0.632 bits per heavy atom. The fourth-order valence-corrected chi connectivity index (χ4v) is 6.43. The zero-order valence-electron chi connectivity index (χ0n) is 22.4. The molecule has 0 unspecified atom stereocenters. The second-order valence-electron chi connectivity index (χ2n) is 11.6. The van der Waals surface area contributed by atoms with E-state index in [0.717, 1.165) is 60.4 Å². The molecule has 2 aromatic carbocycles. The highest BCUT2D eigenvalue weighted by molar-refractivity contribution is 5.31. The van der Waals surface area contributed by atoms with E-state index in [2.05, 4.69) is 6.92 Å². The van der Waals surface area contributed by atoms with Crippen molar-refractivity contribution in [2.24, 2.45) is 17.8 Å². The van der Waals surface area contributed by atoms with Crippen LogP contribution in [0.4, 0.5) is 22.0 Å². The van der Waals surface area contributed by atoms with E-state index in [1.165, 1.54) is 82.8 Å². The van der Waals surface area contributed by atoms with Gasteiger partial charge in [-0.15, -0.1) is 0 Å². The molecule has 4 rings (SSSR count). The van der Waals surface area contributed by atoms with Gasteiger partial charge in [0.25, 0.3) is 0 Å². The number of benzene rings is 2. The fraction of sp³-hybridized carbons (Fsp3) is 0.625. The van der Waals surface area contributed by atoms with Gasteiger partial charge in [-0.25, -0.2) is 0 Å². The number of hydrogen-bond acceptors (Lipinski definition) is 1. The molecule has 0 radical (unpaired) electrons. The quantitative estimate of drug-likeness (QED) is 0.274. The molecule has 0 aliphatic heterocycles. The minimum Gasteiger partial charge on any atom is -0.429 e. The lowest BCUT2D eigenvalue weighted by molar-refractivity contribution is -0.185. The van der Waals surface area contributed by atoms with Crippen molar-refractivity contribution in [2.75, 3.05) is 0 Å². The van der Waals surface area contributed by atoms with Gasteiger partial charge >= 0.3 is 12.3 Å². The average Bonchev–Trinajstić information content (AvgIpc) is 2.91. The molecule has 2 fully saturated rings. The Morgan fingerprint density at radius 2 is 1.11 bits per heavy atom. The van der Waals surface area contributed by atoms with Crippen molar-refractivity contribution in [3.63, 3.8) is 0 Å². The maximum absolute atomic E-state index is 14.7. The van der Waals surface area contributed by atoms with E-state index in [-0.39, 0.29) is 11.3 Å². The summed E-state index contributed by atoms with van der Waals surface area (Å²) >= 11 is 0. The van der Waals surface area contributed by atoms with E-state index in [0.29, 0.717) is 5.92 Å². The van der Waals surface area contributed by atoms with Gasteiger partial charge in [0.15, 0.2) is 0 Å². The summed E-state index contributed by atoms with van der Waals surface area (Å²) in [6.45, 7) is 2.28. The lowest BCUT2D eigenvalue weighted by Crippen LogP contribution is -2.22. The van der Waals surface area contributed by atoms with Crippen LogP contribution < -0.4 is 4.74 Å². The molecular formula is C32H41F5O. The largest absolute Gasteiger partial charge is 0.429 e. The Morgan fingerprint density at radius 3 is 1.61 bits per heavy atom. The first-order valence-electron chi connectivity index (χ1n) is 14.5. The van der Waals surface area contributed by atoms with Gasteiger partial charge in [0.2, 0.25) is 0 Å². The molecule has 0 saturated heterocycles. The van der Waals surface area contributed by atoms with Crippen LogP contribution in [0.2, 0.25) is 0 Å². The summed E-state index contributed by atoms with van der Waals surface area (Å²) in [4.78, 5) is 0. The van der Waals surface area contributed by atoms with Crippen LogP contribution in [0, 0.1) is 17.8 Å². The Bertz CT molecular complexity index is 966. The highest BCUT2D eigenvalue weighted by atomic mass is 19.4. The average molecular weight is 537 g/mol. The first-order valence-corrected chi connectivity index (χ1v) is 14.5. The molecule has 0 N–H and O–H groups in total. The molecule has 0 heterocycles. The topological polar surface area (TPSA) is 9.23 Å². The number of ether oxygens (including phenoxy) is 1. The van der Waals surface area contributed by atoms with Crippen LogP contribution in [0.1, 0.15) is 113 Å². The molecular weight excluding hydrogens is 495 g/mol. The maximum atomic E-state index is 14.7. The summed E-state index contributed by atoms with van der Waals surface area (Å²) in [6, 6.07) is 9.57. The summed E-state index contributed by atoms with van der Waals surface area (Å²) in [5.74, 6) is 2.73. The molecule has 2 saturated carbocycles. The van der Waals surface area contributed by atoms with Crippen molar-refractivity contribution in [3.05, 3.63) is 65.2 Å². The minimum atomic E-state index is -4.52. The molecule has 1 nitrogen and oxygen atoms in total. The molecule has 0 bridgehead atoms. The van der Waals surface area contributed by atoms with Crippen molar-refractivity contribution < 1.29 is 26.7 Å². The van der Waals surface area contributed by atoms with Crippen molar-refractivity contribution in [2.45, 2.75) is 109 Å². The maximum Gasteiger partial charge on any atom is 0.426 e. The molecule has 2 aromatic rings. The summed E-state index contributed by atoms with van der Waals surface area (Å²) < 4.78 is 72.2. The normalized spacial score (nSPS) is 24.8. The van der Waals surface area contributed by atoms with Gasteiger partial charge in [-0.3, -0.25) is 0 Å². The minimum absolute atomic E-state index is 0.306. The molecule has 0 amide bonds. The van der Waals surface area contributed by atoms with Gasteiger partial charge in [0, 0.05) is 0 Å². The number of rotatable bonds is 10. The van der Waals surface area contributed by atoms with Crippen molar-refractivity contribution >= 4 is 0 Å². The molecule has 210 valence electrons. The standard InChI is InChI=1S/C32H41F5O/c1-2-3-4-23-5-7-24(8-6-23)9-10-25-11-13-26(14-12-25)27-15-17-29(18-16-27)32(36,37)38-30-21-19-28(20-22-30)31(33,34)35/h15-26H,2-14H2,1H3. The van der Waals surface area contributed by atoms with Crippen LogP contribution in [0.3, 0.4) is 0 Å². The first-order chi connectivity index (χ1) is 18.1. The molecule has 0 atom stereocenters. The van der Waals surface area contributed by atoms with Gasteiger partial charge in [-0.1, -0.05) is 76.8 Å². The predicted molar refractivity (Wildman–Crippen MR) is 141 cm³/mol. The van der Waals surface area contributed by atoms with Crippen LogP contribution in [-0.4, -0.2) is 0 Å². The van der Waals surface area contributed by atoms with E-state index in [1.807, 2.05) is 0 Å². The Kier molecular flexibility index (Phi) is 9.75. The number of hydrogen-bond donors (Lipinski definition) is 0. The Hall–Kier alpha value is -2.11. The van der Waals surface area contributed by atoms with Crippen LogP contribution >= 0.6 is 0 Å². The summed E-state index contributed by atoms with van der Waals surface area (Å²) in [7, 11) is 0. The third kappa shape index (κ3) is 7.95. The lowest BCUT2D eigenvalue weighted by atomic mass is 9.74. The van der Waals surface area contributed by atoms with E-state index in [4.69, 9.17) is 4.74 Å². The summed E-state index contributed by atoms with van der Waals surface area (Å²) in [5, 5.41) is 0. The Labute approximate surface area is 224 Å². The van der Waals surface area contributed by atoms with Gasteiger partial charge < -0.3 is 4.74 Å². The van der Waals surface area contributed by atoms with Crippen molar-refractivity contribution in [1.29, 1.82) is 0 Å². The van der Waals surface area contributed by atoms with Crippen LogP contribution in [0.15, 0.2) is 48.5 Å². The van der Waals surface area contributed by atoms with Crippen molar-refractivity contribution in [1.82, 2.24) is 0 Å². The molecule has 0 spiro atoms. The first kappa shape index (κ1) is 28.9.